The van der Waals surface area contributed by atoms with Crippen molar-refractivity contribution in [2.45, 2.75) is 46.5 Å². The highest BCUT2D eigenvalue weighted by Crippen LogP contribution is 2.17. The van der Waals surface area contributed by atoms with Crippen molar-refractivity contribution < 1.29 is 9.53 Å². The maximum absolute atomic E-state index is 12.5. The fraction of sp³-hybridized carbons (Fsp3) is 0.360. The molecule has 4 heteroatoms. The van der Waals surface area contributed by atoms with Crippen LogP contribution in [0.15, 0.2) is 54.1 Å². The normalized spacial score (nSPS) is 11.2. The topological polar surface area (TPSA) is 62.1 Å². The Balaban J connectivity index is 1.97. The molecule has 0 heterocycles. The minimum Gasteiger partial charge on any atom is -0.494 e. The van der Waals surface area contributed by atoms with E-state index in [0.29, 0.717) is 18.2 Å². The third kappa shape index (κ3) is 7.83. The summed E-state index contributed by atoms with van der Waals surface area (Å²) in [6.07, 6.45) is 5.92. The highest BCUT2D eigenvalue weighted by Gasteiger charge is 2.10. The zero-order chi connectivity index (χ0) is 21.1. The largest absolute Gasteiger partial charge is 0.494 e. The van der Waals surface area contributed by atoms with Gasteiger partial charge in [0.2, 0.25) is 0 Å². The van der Waals surface area contributed by atoms with Crippen LogP contribution in [0.2, 0.25) is 0 Å². The number of nitrogens with zero attached hydrogens (tertiary/aromatic N) is 1. The Labute approximate surface area is 174 Å². The molecule has 0 radical (unpaired) electrons. The summed E-state index contributed by atoms with van der Waals surface area (Å²) in [4.78, 5) is 12.5. The van der Waals surface area contributed by atoms with E-state index in [2.05, 4.69) is 26.1 Å². The molecule has 4 nitrogen and oxygen atoms in total. The van der Waals surface area contributed by atoms with Gasteiger partial charge in [0.1, 0.15) is 17.4 Å². The van der Waals surface area contributed by atoms with Gasteiger partial charge in [0.15, 0.2) is 0 Å². The van der Waals surface area contributed by atoms with Crippen molar-refractivity contribution in [3.05, 3.63) is 65.2 Å². The number of hydrogen-bond acceptors (Lipinski definition) is 3. The zero-order valence-corrected chi connectivity index (χ0v) is 17.6. The van der Waals surface area contributed by atoms with Gasteiger partial charge in [0.05, 0.1) is 6.61 Å². The monoisotopic (exact) mass is 390 g/mol. The van der Waals surface area contributed by atoms with Crippen LogP contribution < -0.4 is 10.1 Å². The van der Waals surface area contributed by atoms with Crippen molar-refractivity contribution in [2.24, 2.45) is 5.92 Å². The summed E-state index contributed by atoms with van der Waals surface area (Å²) in [7, 11) is 0. The summed E-state index contributed by atoms with van der Waals surface area (Å²) < 4.78 is 5.70. The second-order valence-electron chi connectivity index (χ2n) is 7.52. The Morgan fingerprint density at radius 2 is 1.83 bits per heavy atom. The summed E-state index contributed by atoms with van der Waals surface area (Å²) in [5, 5.41) is 12.2. The first kappa shape index (κ1) is 22.2. The number of amides is 1. The molecule has 0 aromatic heterocycles. The predicted octanol–water partition coefficient (Wildman–Crippen LogP) is 6.00. The van der Waals surface area contributed by atoms with Gasteiger partial charge in [0, 0.05) is 5.69 Å². The first-order valence-corrected chi connectivity index (χ1v) is 10.3. The lowest BCUT2D eigenvalue weighted by atomic mass is 10.1. The molecule has 0 fully saturated rings. The number of carbonyl (C=O) groups is 1. The number of rotatable bonds is 10. The average molecular weight is 391 g/mol. The van der Waals surface area contributed by atoms with Gasteiger partial charge >= 0.3 is 0 Å². The molecule has 0 aliphatic heterocycles. The van der Waals surface area contributed by atoms with Gasteiger partial charge < -0.3 is 10.1 Å². The van der Waals surface area contributed by atoms with Crippen LogP contribution in [-0.4, -0.2) is 12.5 Å². The van der Waals surface area contributed by atoms with Crippen LogP contribution in [0.1, 0.15) is 51.2 Å². The molecule has 0 unspecified atom stereocenters. The molecule has 2 aromatic carbocycles. The molecule has 0 saturated carbocycles. The smallest absolute Gasteiger partial charge is 0.266 e. The lowest BCUT2D eigenvalue weighted by molar-refractivity contribution is -0.112. The number of carbonyl (C=O) groups excluding carboxylic acids is 1. The lowest BCUT2D eigenvalue weighted by Gasteiger charge is -2.08. The van der Waals surface area contributed by atoms with Crippen LogP contribution in [-0.2, 0) is 11.2 Å². The van der Waals surface area contributed by atoms with E-state index in [1.54, 1.807) is 6.08 Å². The van der Waals surface area contributed by atoms with Crippen molar-refractivity contribution in [1.29, 1.82) is 5.26 Å². The molecule has 0 aliphatic carbocycles. The minimum atomic E-state index is -0.411. The van der Waals surface area contributed by atoms with E-state index in [0.717, 1.165) is 37.0 Å². The van der Waals surface area contributed by atoms with Crippen LogP contribution in [0.3, 0.4) is 0 Å². The molecular weight excluding hydrogens is 360 g/mol. The molecule has 2 aromatic rings. The Bertz CT molecular complexity index is 844. The van der Waals surface area contributed by atoms with Gasteiger partial charge in [-0.25, -0.2) is 0 Å². The maximum atomic E-state index is 12.5. The third-order valence-electron chi connectivity index (χ3n) is 4.55. The van der Waals surface area contributed by atoms with Gasteiger partial charge in [-0.05, 0) is 66.6 Å². The Hall–Kier alpha value is -3.06. The number of aryl methyl sites for hydroxylation is 1. The van der Waals surface area contributed by atoms with Crippen LogP contribution >= 0.6 is 0 Å². The molecule has 1 N–H and O–H groups in total. The van der Waals surface area contributed by atoms with Crippen molar-refractivity contribution in [1.82, 2.24) is 0 Å². The zero-order valence-electron chi connectivity index (χ0n) is 17.6. The van der Waals surface area contributed by atoms with E-state index in [1.165, 1.54) is 5.56 Å². The minimum absolute atomic E-state index is 0.0635. The van der Waals surface area contributed by atoms with Crippen LogP contribution in [0.25, 0.3) is 6.08 Å². The first-order valence-electron chi connectivity index (χ1n) is 10.3. The molecule has 0 atom stereocenters. The van der Waals surface area contributed by atoms with Gasteiger partial charge in [0.25, 0.3) is 5.91 Å². The Kier molecular flexibility index (Phi) is 8.98. The number of nitriles is 1. The lowest BCUT2D eigenvalue weighted by Crippen LogP contribution is -2.13. The SMILES string of the molecule is CCCCc1ccc(NC(=O)/C(C#N)=C/c2ccc(OCCC(C)C)cc2)cc1. The second kappa shape index (κ2) is 11.7. The molecule has 2 rings (SSSR count). The number of ether oxygens (including phenoxy) is 1. The molecule has 0 saturated heterocycles. The summed E-state index contributed by atoms with van der Waals surface area (Å²) in [6.45, 7) is 7.16. The van der Waals surface area contributed by atoms with Crippen molar-refractivity contribution in [3.8, 4) is 11.8 Å². The quantitative estimate of drug-likeness (QED) is 0.400. The molecule has 0 bridgehead atoms. The van der Waals surface area contributed by atoms with Crippen LogP contribution in [0.4, 0.5) is 5.69 Å². The van der Waals surface area contributed by atoms with Crippen LogP contribution in [0.5, 0.6) is 5.75 Å². The molecule has 1 amide bonds. The highest BCUT2D eigenvalue weighted by molar-refractivity contribution is 6.09. The van der Waals surface area contributed by atoms with E-state index in [9.17, 15) is 10.1 Å². The molecule has 0 spiro atoms. The molecule has 0 aliphatic rings. The predicted molar refractivity (Wildman–Crippen MR) is 119 cm³/mol. The van der Waals surface area contributed by atoms with Gasteiger partial charge in [-0.15, -0.1) is 0 Å². The molecular formula is C25H30N2O2. The van der Waals surface area contributed by atoms with Crippen molar-refractivity contribution >= 4 is 17.7 Å². The Morgan fingerprint density at radius 1 is 1.14 bits per heavy atom. The number of nitrogens with one attached hydrogen (secondary N) is 1. The van der Waals surface area contributed by atoms with Gasteiger partial charge in [-0.1, -0.05) is 51.5 Å². The molecule has 29 heavy (non-hydrogen) atoms. The number of unbranched alkanes of at least 4 members (excludes halogenated alkanes) is 1. The Morgan fingerprint density at radius 3 is 2.41 bits per heavy atom. The standard InChI is InChI=1S/C25H30N2O2/c1-4-5-6-20-7-11-23(12-8-20)27-25(28)22(18-26)17-21-9-13-24(14-10-21)29-16-15-19(2)3/h7-14,17,19H,4-6,15-16H2,1-3H3,(H,27,28)/b22-17+. The third-order valence-corrected chi connectivity index (χ3v) is 4.55. The van der Waals surface area contributed by atoms with E-state index >= 15 is 0 Å². The first-order chi connectivity index (χ1) is 14.0. The second-order valence-corrected chi connectivity index (χ2v) is 7.52. The molecule has 152 valence electrons. The number of hydrogen-bond donors (Lipinski definition) is 1. The van der Waals surface area contributed by atoms with E-state index in [1.807, 2.05) is 54.6 Å². The van der Waals surface area contributed by atoms with E-state index in [-0.39, 0.29) is 5.57 Å². The fourth-order valence-electron chi connectivity index (χ4n) is 2.72. The van der Waals surface area contributed by atoms with E-state index < -0.39 is 5.91 Å². The average Bonchev–Trinajstić information content (AvgIpc) is 2.72. The van der Waals surface area contributed by atoms with E-state index in [4.69, 9.17) is 4.74 Å². The summed E-state index contributed by atoms with van der Waals surface area (Å²) in [5.74, 6) is 0.974. The summed E-state index contributed by atoms with van der Waals surface area (Å²) in [5.41, 5.74) is 2.78. The van der Waals surface area contributed by atoms with Crippen molar-refractivity contribution in [3.63, 3.8) is 0 Å². The van der Waals surface area contributed by atoms with Gasteiger partial charge in [-0.3, -0.25) is 4.79 Å². The fourth-order valence-corrected chi connectivity index (χ4v) is 2.72. The summed E-state index contributed by atoms with van der Waals surface area (Å²) in [6, 6.07) is 17.2. The summed E-state index contributed by atoms with van der Waals surface area (Å²) >= 11 is 0. The van der Waals surface area contributed by atoms with Gasteiger partial charge in [-0.2, -0.15) is 5.26 Å². The van der Waals surface area contributed by atoms with Crippen molar-refractivity contribution in [2.75, 3.05) is 11.9 Å². The number of benzene rings is 2. The maximum Gasteiger partial charge on any atom is 0.266 e. The number of anilines is 1. The highest BCUT2D eigenvalue weighted by atomic mass is 16.5. The van der Waals surface area contributed by atoms with Crippen LogP contribution in [0, 0.1) is 17.2 Å².